The number of hydrogen-bond acceptors (Lipinski definition) is 5. The van der Waals surface area contributed by atoms with Crippen molar-refractivity contribution in [1.82, 2.24) is 10.2 Å². The first-order valence-corrected chi connectivity index (χ1v) is 5.14. The third kappa shape index (κ3) is 2.18. The summed E-state index contributed by atoms with van der Waals surface area (Å²) in [5, 5.41) is 7.94. The quantitative estimate of drug-likeness (QED) is 0.735. The molecule has 2 atom stereocenters. The summed E-state index contributed by atoms with van der Waals surface area (Å²) in [7, 11) is 0. The Hall–Kier alpha value is -1.36. The summed E-state index contributed by atoms with van der Waals surface area (Å²) in [5.74, 6) is 1.32. The largest absolute Gasteiger partial charge is 0.382 e. The minimum absolute atomic E-state index is 0.237. The molecule has 0 amide bonds. The van der Waals surface area contributed by atoms with Gasteiger partial charge in [0.05, 0.1) is 18.8 Å². The number of morpholine rings is 1. The molecule has 2 unspecified atom stereocenters. The predicted molar refractivity (Wildman–Crippen MR) is 58.7 cm³/mol. The molecule has 1 saturated heterocycles. The van der Waals surface area contributed by atoms with Crippen LogP contribution >= 0.6 is 0 Å². The Morgan fingerprint density at radius 3 is 2.87 bits per heavy atom. The minimum atomic E-state index is 0.237. The third-order valence-corrected chi connectivity index (χ3v) is 2.57. The smallest absolute Gasteiger partial charge is 0.151 e. The van der Waals surface area contributed by atoms with Crippen molar-refractivity contribution in [2.45, 2.75) is 26.0 Å². The topological polar surface area (TPSA) is 64.3 Å². The van der Waals surface area contributed by atoms with E-state index in [9.17, 15) is 0 Å². The molecule has 0 saturated carbocycles. The zero-order valence-corrected chi connectivity index (χ0v) is 9.05. The number of aromatic nitrogens is 2. The monoisotopic (exact) mass is 208 g/mol. The van der Waals surface area contributed by atoms with Crippen molar-refractivity contribution in [2.75, 3.05) is 23.8 Å². The summed E-state index contributed by atoms with van der Waals surface area (Å²) in [6.45, 7) is 5.75. The first kappa shape index (κ1) is 10.2. The third-order valence-electron chi connectivity index (χ3n) is 2.57. The van der Waals surface area contributed by atoms with Crippen LogP contribution in [0.1, 0.15) is 13.8 Å². The molecule has 82 valence electrons. The molecule has 2 N–H and O–H groups in total. The summed E-state index contributed by atoms with van der Waals surface area (Å²) in [5.41, 5.74) is 5.50. The van der Waals surface area contributed by atoms with Crippen molar-refractivity contribution in [3.8, 4) is 0 Å². The fourth-order valence-electron chi connectivity index (χ4n) is 1.71. The van der Waals surface area contributed by atoms with Crippen LogP contribution in [-0.4, -0.2) is 35.5 Å². The Kier molecular flexibility index (Phi) is 2.73. The van der Waals surface area contributed by atoms with Gasteiger partial charge in [-0.25, -0.2) is 0 Å². The summed E-state index contributed by atoms with van der Waals surface area (Å²) in [6, 6.07) is 4.01. The Labute approximate surface area is 89.2 Å². The van der Waals surface area contributed by atoms with E-state index in [2.05, 4.69) is 28.9 Å². The minimum Gasteiger partial charge on any atom is -0.382 e. The Morgan fingerprint density at radius 2 is 2.20 bits per heavy atom. The van der Waals surface area contributed by atoms with Gasteiger partial charge in [-0.2, -0.15) is 0 Å². The molecule has 1 aliphatic rings. The van der Waals surface area contributed by atoms with E-state index >= 15 is 0 Å². The van der Waals surface area contributed by atoms with Crippen LogP contribution in [-0.2, 0) is 4.74 Å². The number of nitrogen functional groups attached to an aromatic ring is 1. The molecule has 1 aromatic rings. The van der Waals surface area contributed by atoms with Crippen LogP contribution in [0.2, 0.25) is 0 Å². The molecular formula is C10H16N4O. The van der Waals surface area contributed by atoms with E-state index in [1.807, 2.05) is 6.07 Å². The fraction of sp³-hybridized carbons (Fsp3) is 0.600. The van der Waals surface area contributed by atoms with Gasteiger partial charge in [0.25, 0.3) is 0 Å². The highest BCUT2D eigenvalue weighted by Gasteiger charge is 2.24. The lowest BCUT2D eigenvalue weighted by molar-refractivity contribution is 0.0340. The van der Waals surface area contributed by atoms with Crippen molar-refractivity contribution in [3.05, 3.63) is 12.1 Å². The van der Waals surface area contributed by atoms with Crippen molar-refractivity contribution >= 4 is 11.6 Å². The van der Waals surface area contributed by atoms with E-state index in [0.717, 1.165) is 19.0 Å². The van der Waals surface area contributed by atoms with Crippen LogP contribution in [0.15, 0.2) is 12.1 Å². The van der Waals surface area contributed by atoms with E-state index in [-0.39, 0.29) is 6.10 Å². The first-order chi connectivity index (χ1) is 7.16. The lowest BCUT2D eigenvalue weighted by Gasteiger charge is -2.37. The molecule has 1 fully saturated rings. The zero-order chi connectivity index (χ0) is 10.8. The van der Waals surface area contributed by atoms with Crippen LogP contribution in [0.25, 0.3) is 0 Å². The number of hydrogen-bond donors (Lipinski definition) is 1. The summed E-state index contributed by atoms with van der Waals surface area (Å²) < 4.78 is 5.55. The zero-order valence-electron chi connectivity index (χ0n) is 9.05. The van der Waals surface area contributed by atoms with Crippen LogP contribution in [0.5, 0.6) is 0 Å². The van der Waals surface area contributed by atoms with Gasteiger partial charge in [0.2, 0.25) is 0 Å². The molecular weight excluding hydrogens is 192 g/mol. The van der Waals surface area contributed by atoms with E-state index in [1.54, 1.807) is 6.07 Å². The second-order valence-corrected chi connectivity index (χ2v) is 3.96. The second kappa shape index (κ2) is 4.02. The van der Waals surface area contributed by atoms with E-state index in [1.165, 1.54) is 0 Å². The number of nitrogens with zero attached hydrogens (tertiary/aromatic N) is 3. The SMILES string of the molecule is CC1CN(c2ccc(N)nn2)C(C)CO1. The molecule has 0 aromatic carbocycles. The number of nitrogens with two attached hydrogens (primary N) is 1. The van der Waals surface area contributed by atoms with Crippen molar-refractivity contribution in [2.24, 2.45) is 0 Å². The molecule has 2 heterocycles. The van der Waals surface area contributed by atoms with Crippen molar-refractivity contribution in [1.29, 1.82) is 0 Å². The van der Waals surface area contributed by atoms with Gasteiger partial charge in [-0.1, -0.05) is 0 Å². The van der Waals surface area contributed by atoms with Crippen molar-refractivity contribution in [3.63, 3.8) is 0 Å². The van der Waals surface area contributed by atoms with Gasteiger partial charge in [-0.05, 0) is 26.0 Å². The lowest BCUT2D eigenvalue weighted by Crippen LogP contribution is -2.47. The first-order valence-electron chi connectivity index (χ1n) is 5.14. The average molecular weight is 208 g/mol. The van der Waals surface area contributed by atoms with Gasteiger partial charge < -0.3 is 15.4 Å². The highest BCUT2D eigenvalue weighted by Crippen LogP contribution is 2.18. The number of ether oxygens (including phenoxy) is 1. The summed E-state index contributed by atoms with van der Waals surface area (Å²) in [6.07, 6.45) is 0.237. The van der Waals surface area contributed by atoms with E-state index < -0.39 is 0 Å². The molecule has 0 radical (unpaired) electrons. The highest BCUT2D eigenvalue weighted by atomic mass is 16.5. The fourth-order valence-corrected chi connectivity index (χ4v) is 1.71. The van der Waals surface area contributed by atoms with E-state index in [0.29, 0.717) is 11.9 Å². The Morgan fingerprint density at radius 1 is 1.40 bits per heavy atom. The predicted octanol–water partition coefficient (Wildman–Crippen LogP) is 0.672. The van der Waals surface area contributed by atoms with Crippen LogP contribution < -0.4 is 10.6 Å². The maximum absolute atomic E-state index is 5.55. The van der Waals surface area contributed by atoms with Crippen LogP contribution in [0, 0.1) is 0 Å². The average Bonchev–Trinajstić information content (AvgIpc) is 2.23. The van der Waals surface area contributed by atoms with E-state index in [4.69, 9.17) is 10.5 Å². The van der Waals surface area contributed by atoms with Crippen LogP contribution in [0.4, 0.5) is 11.6 Å². The highest BCUT2D eigenvalue weighted by molar-refractivity contribution is 5.42. The maximum atomic E-state index is 5.55. The molecule has 0 bridgehead atoms. The second-order valence-electron chi connectivity index (χ2n) is 3.96. The Balaban J connectivity index is 2.17. The van der Waals surface area contributed by atoms with Gasteiger partial charge in [-0.15, -0.1) is 10.2 Å². The summed E-state index contributed by atoms with van der Waals surface area (Å²) >= 11 is 0. The normalized spacial score (nSPS) is 26.7. The maximum Gasteiger partial charge on any atom is 0.151 e. The molecule has 2 rings (SSSR count). The van der Waals surface area contributed by atoms with Gasteiger partial charge in [0.1, 0.15) is 5.82 Å². The molecule has 1 aromatic heterocycles. The molecule has 5 heteroatoms. The number of anilines is 2. The molecule has 15 heavy (non-hydrogen) atoms. The Bertz CT molecular complexity index is 327. The molecule has 5 nitrogen and oxygen atoms in total. The van der Waals surface area contributed by atoms with Crippen molar-refractivity contribution < 1.29 is 4.74 Å². The van der Waals surface area contributed by atoms with Gasteiger partial charge in [-0.3, -0.25) is 0 Å². The van der Waals surface area contributed by atoms with Gasteiger partial charge >= 0.3 is 0 Å². The van der Waals surface area contributed by atoms with Gasteiger partial charge in [0.15, 0.2) is 5.82 Å². The lowest BCUT2D eigenvalue weighted by atomic mass is 10.2. The van der Waals surface area contributed by atoms with Gasteiger partial charge in [0, 0.05) is 6.54 Å². The molecule has 0 aliphatic carbocycles. The summed E-state index contributed by atoms with van der Waals surface area (Å²) in [4.78, 5) is 2.20. The number of rotatable bonds is 1. The van der Waals surface area contributed by atoms with Crippen LogP contribution in [0.3, 0.4) is 0 Å². The molecule has 0 spiro atoms. The molecule has 1 aliphatic heterocycles. The standard InChI is InChI=1S/C10H16N4O/c1-7-6-15-8(2)5-14(7)10-4-3-9(11)12-13-10/h3-4,7-8H,5-6H2,1-2H3,(H2,11,12).